The lowest BCUT2D eigenvalue weighted by molar-refractivity contribution is -0.117. The summed E-state index contributed by atoms with van der Waals surface area (Å²) in [7, 11) is 0. The third-order valence-corrected chi connectivity index (χ3v) is 6.24. The van der Waals surface area contributed by atoms with Gasteiger partial charge < -0.3 is 9.30 Å². The highest BCUT2D eigenvalue weighted by Crippen LogP contribution is 2.31. The molecule has 0 aliphatic heterocycles. The molecule has 0 N–H and O–H groups in total. The van der Waals surface area contributed by atoms with Crippen LogP contribution in [-0.2, 0) is 28.9 Å². The van der Waals surface area contributed by atoms with E-state index in [1.54, 1.807) is 12.1 Å². The van der Waals surface area contributed by atoms with Crippen LogP contribution < -0.4 is 4.80 Å². The number of halogens is 2. The molecule has 0 saturated carbocycles. The van der Waals surface area contributed by atoms with Gasteiger partial charge in [0.2, 0.25) is 0 Å². The normalized spacial score (nSPS) is 12.1. The number of thiazole rings is 1. The highest BCUT2D eigenvalue weighted by atomic mass is 35.5. The first kappa shape index (κ1) is 21.1. The highest BCUT2D eigenvalue weighted by Gasteiger charge is 2.14. The van der Waals surface area contributed by atoms with Gasteiger partial charge in [0, 0.05) is 13.2 Å². The second kappa shape index (κ2) is 9.70. The fraction of sp³-hybridized carbons (Fsp3) is 0.333. The maximum absolute atomic E-state index is 12.6. The van der Waals surface area contributed by atoms with Crippen LogP contribution >= 0.6 is 34.5 Å². The molecule has 0 aliphatic rings. The van der Waals surface area contributed by atoms with Gasteiger partial charge in [-0.15, -0.1) is 0 Å². The summed E-state index contributed by atoms with van der Waals surface area (Å²) in [6.07, 6.45) is 1.23. The number of hydrogen-bond donors (Lipinski definition) is 0. The largest absolute Gasteiger partial charge is 0.380 e. The number of ether oxygens (including phenoxy) is 1. The van der Waals surface area contributed by atoms with Crippen molar-refractivity contribution in [2.45, 2.75) is 33.2 Å². The SMILES string of the molecule is CCOCCn1c(=NC(=O)Cc2ccc(CC)cc2)sc2c(Cl)ccc(Cl)c21. The van der Waals surface area contributed by atoms with Crippen molar-refractivity contribution in [2.75, 3.05) is 13.2 Å². The van der Waals surface area contributed by atoms with Crippen LogP contribution in [0.4, 0.5) is 0 Å². The molecule has 3 aromatic rings. The van der Waals surface area contributed by atoms with E-state index in [0.717, 1.165) is 22.2 Å². The van der Waals surface area contributed by atoms with E-state index < -0.39 is 0 Å². The summed E-state index contributed by atoms with van der Waals surface area (Å²) in [5.41, 5.74) is 2.98. The number of rotatable bonds is 7. The molecule has 0 saturated heterocycles. The highest BCUT2D eigenvalue weighted by molar-refractivity contribution is 7.17. The monoisotopic (exact) mass is 436 g/mol. The zero-order valence-electron chi connectivity index (χ0n) is 15.9. The van der Waals surface area contributed by atoms with Crippen molar-refractivity contribution in [3.8, 4) is 0 Å². The fourth-order valence-electron chi connectivity index (χ4n) is 2.92. The van der Waals surface area contributed by atoms with E-state index in [9.17, 15) is 4.79 Å². The van der Waals surface area contributed by atoms with Gasteiger partial charge in [-0.25, -0.2) is 0 Å². The van der Waals surface area contributed by atoms with Crippen molar-refractivity contribution in [1.82, 2.24) is 4.57 Å². The summed E-state index contributed by atoms with van der Waals surface area (Å²) in [5, 5.41) is 1.18. The molecule has 1 heterocycles. The number of amides is 1. The first-order chi connectivity index (χ1) is 13.5. The number of benzene rings is 2. The molecule has 0 fully saturated rings. The molecule has 1 amide bonds. The van der Waals surface area contributed by atoms with Crippen molar-refractivity contribution < 1.29 is 9.53 Å². The maximum Gasteiger partial charge on any atom is 0.252 e. The van der Waals surface area contributed by atoms with Gasteiger partial charge in [0.1, 0.15) is 0 Å². The Balaban J connectivity index is 1.97. The topological polar surface area (TPSA) is 43.6 Å². The molecule has 1 aromatic heterocycles. The minimum Gasteiger partial charge on any atom is -0.380 e. The Hall–Kier alpha value is -1.66. The van der Waals surface area contributed by atoms with Crippen LogP contribution in [0, 0.1) is 0 Å². The average Bonchev–Trinajstić information content (AvgIpc) is 3.05. The smallest absolute Gasteiger partial charge is 0.252 e. The lowest BCUT2D eigenvalue weighted by atomic mass is 10.1. The van der Waals surface area contributed by atoms with E-state index in [1.807, 2.05) is 35.8 Å². The predicted molar refractivity (Wildman–Crippen MR) is 116 cm³/mol. The number of carbonyl (C=O) groups is 1. The molecular formula is C21H22Cl2N2O2S. The van der Waals surface area contributed by atoms with Gasteiger partial charge in [0.25, 0.3) is 5.91 Å². The third kappa shape index (κ3) is 4.84. The van der Waals surface area contributed by atoms with E-state index in [1.165, 1.54) is 16.9 Å². The summed E-state index contributed by atoms with van der Waals surface area (Å²) >= 11 is 14.1. The first-order valence-corrected chi connectivity index (χ1v) is 10.8. The van der Waals surface area contributed by atoms with Crippen LogP contribution in [-0.4, -0.2) is 23.7 Å². The molecule has 4 nitrogen and oxygen atoms in total. The number of carbonyl (C=O) groups excluding carboxylic acids is 1. The van der Waals surface area contributed by atoms with Crippen LogP contribution in [0.2, 0.25) is 10.0 Å². The van der Waals surface area contributed by atoms with E-state index in [0.29, 0.717) is 34.6 Å². The molecule has 0 unspecified atom stereocenters. The summed E-state index contributed by atoms with van der Waals surface area (Å²) in [4.78, 5) is 17.5. The standard InChI is InChI=1S/C21H22Cl2N2O2S/c1-3-14-5-7-15(8-6-14)13-18(26)24-21-25(11-12-27-4-2)19-16(22)9-10-17(23)20(19)28-21/h5-10H,3-4,11-13H2,1-2H3. The minimum atomic E-state index is -0.201. The van der Waals surface area contributed by atoms with Gasteiger partial charge in [-0.3, -0.25) is 4.79 Å². The van der Waals surface area contributed by atoms with E-state index in [4.69, 9.17) is 27.9 Å². The van der Waals surface area contributed by atoms with Crippen LogP contribution in [0.1, 0.15) is 25.0 Å². The van der Waals surface area contributed by atoms with Crippen LogP contribution in [0.3, 0.4) is 0 Å². The molecule has 0 atom stereocenters. The molecule has 2 aromatic carbocycles. The first-order valence-electron chi connectivity index (χ1n) is 9.24. The number of aryl methyl sites for hydroxylation is 1. The number of hydrogen-bond acceptors (Lipinski definition) is 3. The second-order valence-corrected chi connectivity index (χ2v) is 8.08. The molecule has 0 aliphatic carbocycles. The maximum atomic E-state index is 12.6. The van der Waals surface area contributed by atoms with Gasteiger partial charge in [-0.1, -0.05) is 65.7 Å². The van der Waals surface area contributed by atoms with Crippen LogP contribution in [0.15, 0.2) is 41.4 Å². The Bertz CT molecular complexity index is 1040. The van der Waals surface area contributed by atoms with E-state index >= 15 is 0 Å². The molecule has 0 radical (unpaired) electrons. The van der Waals surface area contributed by atoms with E-state index in [2.05, 4.69) is 11.9 Å². The number of aromatic nitrogens is 1. The van der Waals surface area contributed by atoms with Crippen molar-refractivity contribution in [3.05, 3.63) is 62.4 Å². The van der Waals surface area contributed by atoms with Gasteiger partial charge in [-0.2, -0.15) is 4.99 Å². The molecule has 28 heavy (non-hydrogen) atoms. The molecule has 0 bridgehead atoms. The van der Waals surface area contributed by atoms with Crippen molar-refractivity contribution in [2.24, 2.45) is 4.99 Å². The summed E-state index contributed by atoms with van der Waals surface area (Å²) in [6.45, 7) is 5.72. The number of fused-ring (bicyclic) bond motifs is 1. The van der Waals surface area contributed by atoms with Crippen molar-refractivity contribution in [3.63, 3.8) is 0 Å². The van der Waals surface area contributed by atoms with Gasteiger partial charge in [0.15, 0.2) is 4.80 Å². The van der Waals surface area contributed by atoms with Gasteiger partial charge in [-0.05, 0) is 36.6 Å². The van der Waals surface area contributed by atoms with Crippen LogP contribution in [0.25, 0.3) is 10.2 Å². The predicted octanol–water partition coefficient (Wildman–Crippen LogP) is 5.28. The summed E-state index contributed by atoms with van der Waals surface area (Å²) < 4.78 is 8.23. The second-order valence-electron chi connectivity index (χ2n) is 6.29. The summed E-state index contributed by atoms with van der Waals surface area (Å²) in [6, 6.07) is 11.6. The Kier molecular flexibility index (Phi) is 7.30. The summed E-state index contributed by atoms with van der Waals surface area (Å²) in [5.74, 6) is -0.201. The van der Waals surface area contributed by atoms with Crippen molar-refractivity contribution in [1.29, 1.82) is 0 Å². The average molecular weight is 437 g/mol. The molecule has 0 spiro atoms. The molecular weight excluding hydrogens is 415 g/mol. The lowest BCUT2D eigenvalue weighted by Gasteiger charge is -2.07. The fourth-order valence-corrected chi connectivity index (χ4v) is 4.61. The zero-order valence-corrected chi connectivity index (χ0v) is 18.2. The molecule has 148 valence electrons. The Morgan fingerprint density at radius 1 is 1.07 bits per heavy atom. The van der Waals surface area contributed by atoms with Crippen LogP contribution in [0.5, 0.6) is 0 Å². The van der Waals surface area contributed by atoms with E-state index in [-0.39, 0.29) is 12.3 Å². The third-order valence-electron chi connectivity index (χ3n) is 4.40. The Morgan fingerprint density at radius 3 is 2.43 bits per heavy atom. The van der Waals surface area contributed by atoms with Crippen molar-refractivity contribution >= 4 is 50.7 Å². The lowest BCUT2D eigenvalue weighted by Crippen LogP contribution is -2.20. The zero-order chi connectivity index (χ0) is 20.1. The Morgan fingerprint density at radius 2 is 1.75 bits per heavy atom. The molecule has 7 heteroatoms. The number of nitrogens with zero attached hydrogens (tertiary/aromatic N) is 2. The minimum absolute atomic E-state index is 0.201. The quantitative estimate of drug-likeness (QED) is 0.472. The van der Waals surface area contributed by atoms with Gasteiger partial charge >= 0.3 is 0 Å². The Labute approximate surface area is 178 Å². The molecule has 3 rings (SSSR count). The van der Waals surface area contributed by atoms with Gasteiger partial charge in [0.05, 0.1) is 33.3 Å².